The molecule has 0 aliphatic carbocycles. The van der Waals surface area contributed by atoms with Crippen LogP contribution in [0.1, 0.15) is 5.48 Å². The van der Waals surface area contributed by atoms with Crippen LogP contribution in [-0.4, -0.2) is 0 Å². The summed E-state index contributed by atoms with van der Waals surface area (Å²) in [5.74, 6) is 1.58. The average molecular weight is 551 g/mol. The van der Waals surface area contributed by atoms with E-state index in [1.807, 2.05) is 60.7 Å². The number of fused-ring (bicyclic) bond motifs is 4. The third-order valence-corrected chi connectivity index (χ3v) is 8.60. The molecule has 0 amide bonds. The van der Waals surface area contributed by atoms with Crippen molar-refractivity contribution < 1.29 is 10.2 Å². The highest BCUT2D eigenvalue weighted by Gasteiger charge is 2.23. The van der Waals surface area contributed by atoms with Gasteiger partial charge in [-0.1, -0.05) is 145 Å². The fraction of sp³-hybridized carbons (Fsp3) is 0. The van der Waals surface area contributed by atoms with Crippen LogP contribution >= 0.6 is 0 Å². The Balaban J connectivity index is 1.41. The average Bonchev–Trinajstić information content (AvgIpc) is 3.13. The van der Waals surface area contributed by atoms with E-state index >= 15 is 0 Å². The molecule has 9 rings (SSSR count). The molecular formula is C42H26O. The predicted molar refractivity (Wildman–Crippen MR) is 181 cm³/mol. The molecule has 0 N–H and O–H groups in total. The number of benzene rings is 8. The lowest BCUT2D eigenvalue weighted by Gasteiger charge is -2.24. The number of hydrogen-bond acceptors (Lipinski definition) is 1. The monoisotopic (exact) mass is 550 g/mol. The molecule has 200 valence electrons. The van der Waals surface area contributed by atoms with Gasteiger partial charge in [-0.25, -0.2) is 0 Å². The molecule has 0 radical (unpaired) electrons. The maximum absolute atomic E-state index is 9.32. The molecule has 0 saturated heterocycles. The summed E-state index contributed by atoms with van der Waals surface area (Å²) in [6, 6.07) is 44.3. The highest BCUT2D eigenvalue weighted by Crippen LogP contribution is 2.51. The van der Waals surface area contributed by atoms with Crippen molar-refractivity contribution in [3.8, 4) is 56.0 Å². The highest BCUT2D eigenvalue weighted by atomic mass is 16.5. The molecule has 1 nitrogen and oxygen atoms in total. The topological polar surface area (TPSA) is 9.23 Å². The molecule has 1 aliphatic heterocycles. The van der Waals surface area contributed by atoms with Crippen LogP contribution in [0.25, 0.3) is 76.8 Å². The summed E-state index contributed by atoms with van der Waals surface area (Å²) >= 11 is 0. The fourth-order valence-corrected chi connectivity index (χ4v) is 6.71. The van der Waals surface area contributed by atoms with Gasteiger partial charge >= 0.3 is 0 Å². The predicted octanol–water partition coefficient (Wildman–Crippen LogP) is 11.9. The summed E-state index contributed by atoms with van der Waals surface area (Å²) in [6.45, 7) is 0. The fourth-order valence-electron chi connectivity index (χ4n) is 6.71. The minimum atomic E-state index is -0.246. The molecule has 0 unspecified atom stereocenters. The molecule has 8 aromatic rings. The molecule has 0 fully saturated rings. The van der Waals surface area contributed by atoms with Crippen molar-refractivity contribution in [1.29, 1.82) is 0 Å². The minimum Gasteiger partial charge on any atom is -0.456 e. The maximum Gasteiger partial charge on any atom is 0.135 e. The van der Waals surface area contributed by atoms with E-state index in [4.69, 9.17) is 7.48 Å². The van der Waals surface area contributed by atoms with Crippen LogP contribution in [0.2, 0.25) is 0 Å². The van der Waals surface area contributed by atoms with Crippen molar-refractivity contribution in [2.75, 3.05) is 0 Å². The second kappa shape index (κ2) is 9.44. The van der Waals surface area contributed by atoms with Gasteiger partial charge in [-0.05, 0) is 78.0 Å². The Morgan fingerprint density at radius 1 is 0.372 bits per heavy atom. The summed E-state index contributed by atoms with van der Waals surface area (Å²) in [5.41, 5.74) is 7.66. The lowest BCUT2D eigenvalue weighted by Crippen LogP contribution is -1.98. The zero-order valence-electron chi connectivity index (χ0n) is 27.1. The van der Waals surface area contributed by atoms with Gasteiger partial charge in [0.25, 0.3) is 0 Å². The lowest BCUT2D eigenvalue weighted by molar-refractivity contribution is 0.487. The van der Waals surface area contributed by atoms with Crippen molar-refractivity contribution in [2.45, 2.75) is 0 Å². The van der Waals surface area contributed by atoms with Crippen LogP contribution in [0.5, 0.6) is 11.5 Å². The van der Waals surface area contributed by atoms with E-state index in [1.165, 1.54) is 0 Å². The molecule has 0 saturated carbocycles. The van der Waals surface area contributed by atoms with E-state index in [0.29, 0.717) is 10.8 Å². The Morgan fingerprint density at radius 3 is 1.77 bits per heavy atom. The number of ether oxygens (including phenoxy) is 1. The Kier molecular flexibility index (Phi) is 4.45. The molecule has 0 bridgehead atoms. The number of hydrogen-bond donors (Lipinski definition) is 0. The van der Waals surface area contributed by atoms with Gasteiger partial charge in [-0.2, -0.15) is 0 Å². The number of para-hydroxylation sites is 1. The van der Waals surface area contributed by atoms with Gasteiger partial charge < -0.3 is 4.74 Å². The van der Waals surface area contributed by atoms with Crippen LogP contribution in [0.15, 0.2) is 158 Å². The van der Waals surface area contributed by atoms with Crippen LogP contribution in [-0.2, 0) is 0 Å². The van der Waals surface area contributed by atoms with Gasteiger partial charge in [0.1, 0.15) is 11.5 Å². The van der Waals surface area contributed by atoms with E-state index < -0.39 is 0 Å². The number of rotatable bonds is 3. The lowest BCUT2D eigenvalue weighted by atomic mass is 9.83. The normalized spacial score (nSPS) is 13.2. The third-order valence-electron chi connectivity index (χ3n) is 8.60. The van der Waals surface area contributed by atoms with E-state index in [2.05, 4.69) is 72.8 Å². The van der Waals surface area contributed by atoms with E-state index in [1.54, 1.807) is 0 Å². The first-order valence-corrected chi connectivity index (χ1v) is 14.4. The van der Waals surface area contributed by atoms with Crippen molar-refractivity contribution in [2.24, 2.45) is 0 Å². The summed E-state index contributed by atoms with van der Waals surface area (Å²) in [4.78, 5) is 0. The Morgan fingerprint density at radius 2 is 0.953 bits per heavy atom. The van der Waals surface area contributed by atoms with Crippen LogP contribution < -0.4 is 4.74 Å². The van der Waals surface area contributed by atoms with E-state index in [0.717, 1.165) is 77.6 Å². The third kappa shape index (κ3) is 3.65. The van der Waals surface area contributed by atoms with Gasteiger partial charge in [-0.3, -0.25) is 0 Å². The largest absolute Gasteiger partial charge is 0.456 e. The summed E-state index contributed by atoms with van der Waals surface area (Å²) in [6.07, 6.45) is 0. The quantitative estimate of drug-likeness (QED) is 0.199. The SMILES string of the molecule is [2H]c1c([2H])c([2H])c2c(-c3ccc4c5c(cccc35)Oc3ccccc3-4)c3ccccc3c(-c3ccc(-c4ccccc4)cc3)c2c1[2H]. The van der Waals surface area contributed by atoms with Crippen molar-refractivity contribution in [3.63, 3.8) is 0 Å². The molecule has 43 heavy (non-hydrogen) atoms. The first-order chi connectivity index (χ1) is 23.0. The standard InChI is InChI=1S/C42H26O/c1-2-11-27(12-3-1)28-21-23-29(24-22-28)40-31-14-4-6-16-33(31)41(34-17-7-5-15-32(34)40)37-26-25-36-30-13-8-9-19-38(30)43-39-20-10-18-35(37)42(36)39/h1-26H/i4D,6D,14D,16D. The molecule has 1 heteroatoms. The molecule has 0 aromatic heterocycles. The molecule has 8 aromatic carbocycles. The zero-order chi connectivity index (χ0) is 31.8. The van der Waals surface area contributed by atoms with Crippen LogP contribution in [0.3, 0.4) is 0 Å². The summed E-state index contributed by atoms with van der Waals surface area (Å²) < 4.78 is 42.5. The highest BCUT2D eigenvalue weighted by molar-refractivity contribution is 6.24. The second-order valence-electron chi connectivity index (χ2n) is 10.9. The van der Waals surface area contributed by atoms with Crippen LogP contribution in [0, 0.1) is 0 Å². The maximum atomic E-state index is 9.32. The minimum absolute atomic E-state index is 0.0462. The van der Waals surface area contributed by atoms with Crippen LogP contribution in [0.4, 0.5) is 0 Å². The molecule has 0 atom stereocenters. The van der Waals surface area contributed by atoms with Gasteiger partial charge in [0.15, 0.2) is 0 Å². The van der Waals surface area contributed by atoms with Gasteiger partial charge in [0, 0.05) is 10.9 Å². The smallest absolute Gasteiger partial charge is 0.135 e. The van der Waals surface area contributed by atoms with Gasteiger partial charge in [0.05, 0.1) is 5.48 Å². The van der Waals surface area contributed by atoms with E-state index in [9.17, 15) is 2.74 Å². The Labute approximate surface area is 255 Å². The molecule has 1 aliphatic rings. The van der Waals surface area contributed by atoms with Crippen molar-refractivity contribution >= 4 is 32.3 Å². The summed E-state index contributed by atoms with van der Waals surface area (Å²) in [7, 11) is 0. The summed E-state index contributed by atoms with van der Waals surface area (Å²) in [5, 5.41) is 4.82. The first-order valence-electron chi connectivity index (χ1n) is 16.4. The Hall–Kier alpha value is -5.66. The van der Waals surface area contributed by atoms with E-state index in [-0.39, 0.29) is 24.2 Å². The molecule has 0 spiro atoms. The Bertz CT molecular complexity index is 2570. The van der Waals surface area contributed by atoms with Crippen molar-refractivity contribution in [3.05, 3.63) is 158 Å². The second-order valence-corrected chi connectivity index (χ2v) is 10.9. The van der Waals surface area contributed by atoms with Gasteiger partial charge in [-0.15, -0.1) is 0 Å². The molecule has 1 heterocycles. The van der Waals surface area contributed by atoms with Crippen molar-refractivity contribution in [1.82, 2.24) is 0 Å². The molecular weight excluding hydrogens is 520 g/mol. The van der Waals surface area contributed by atoms with Gasteiger partial charge in [0.2, 0.25) is 0 Å². The zero-order valence-corrected chi connectivity index (χ0v) is 23.1. The first kappa shape index (κ1) is 20.3.